The van der Waals surface area contributed by atoms with Crippen LogP contribution >= 0.6 is 0 Å². The summed E-state index contributed by atoms with van der Waals surface area (Å²) in [6.07, 6.45) is 0. The molecule has 0 amide bonds. The SMILES string of the molecule is O=S(=O)(Cc1ccc(OCc2ccccc2)cc1)c1ccc(F)cc1. The van der Waals surface area contributed by atoms with Crippen molar-refractivity contribution in [3.8, 4) is 5.75 Å². The molecule has 0 saturated heterocycles. The van der Waals surface area contributed by atoms with Crippen molar-refractivity contribution in [2.75, 3.05) is 0 Å². The topological polar surface area (TPSA) is 43.4 Å². The van der Waals surface area contributed by atoms with Crippen LogP contribution in [0, 0.1) is 5.82 Å². The van der Waals surface area contributed by atoms with E-state index in [0.29, 0.717) is 17.9 Å². The Kier molecular flexibility index (Phi) is 5.14. The van der Waals surface area contributed by atoms with Crippen molar-refractivity contribution in [2.24, 2.45) is 0 Å². The van der Waals surface area contributed by atoms with Crippen LogP contribution in [0.5, 0.6) is 5.75 Å². The Morgan fingerprint density at radius 1 is 0.760 bits per heavy atom. The van der Waals surface area contributed by atoms with E-state index in [4.69, 9.17) is 4.74 Å². The number of ether oxygens (including phenoxy) is 1. The quantitative estimate of drug-likeness (QED) is 0.616. The van der Waals surface area contributed by atoms with Gasteiger partial charge in [-0.25, -0.2) is 12.8 Å². The Hall–Kier alpha value is -2.66. The zero-order valence-corrected chi connectivity index (χ0v) is 14.2. The van der Waals surface area contributed by atoms with E-state index < -0.39 is 15.7 Å². The van der Waals surface area contributed by atoms with E-state index in [1.165, 1.54) is 12.1 Å². The molecule has 0 radical (unpaired) electrons. The van der Waals surface area contributed by atoms with E-state index in [0.717, 1.165) is 17.7 Å². The minimum atomic E-state index is -3.51. The first-order chi connectivity index (χ1) is 12.0. The Bertz CT molecular complexity index is 919. The van der Waals surface area contributed by atoms with Crippen LogP contribution in [0.25, 0.3) is 0 Å². The number of benzene rings is 3. The lowest BCUT2D eigenvalue weighted by Crippen LogP contribution is -2.05. The number of hydrogen-bond acceptors (Lipinski definition) is 3. The van der Waals surface area contributed by atoms with Gasteiger partial charge in [-0.2, -0.15) is 0 Å². The molecule has 0 aliphatic rings. The third kappa shape index (κ3) is 4.67. The molecule has 3 nitrogen and oxygen atoms in total. The maximum Gasteiger partial charge on any atom is 0.182 e. The van der Waals surface area contributed by atoms with Crippen molar-refractivity contribution >= 4 is 9.84 Å². The second-order valence-electron chi connectivity index (χ2n) is 5.63. The normalized spacial score (nSPS) is 11.2. The summed E-state index contributed by atoms with van der Waals surface area (Å²) in [4.78, 5) is 0.110. The Morgan fingerprint density at radius 3 is 2.04 bits per heavy atom. The van der Waals surface area contributed by atoms with Gasteiger partial charge < -0.3 is 4.74 Å². The Morgan fingerprint density at radius 2 is 1.40 bits per heavy atom. The third-order valence-electron chi connectivity index (χ3n) is 3.70. The van der Waals surface area contributed by atoms with E-state index in [-0.39, 0.29) is 10.6 Å². The van der Waals surface area contributed by atoms with Gasteiger partial charge in [0.25, 0.3) is 0 Å². The highest BCUT2D eigenvalue weighted by molar-refractivity contribution is 7.90. The maximum atomic E-state index is 12.9. The molecule has 0 spiro atoms. The summed E-state index contributed by atoms with van der Waals surface area (Å²) in [5.74, 6) is 0.0723. The second kappa shape index (κ2) is 7.49. The van der Waals surface area contributed by atoms with Gasteiger partial charge in [0, 0.05) is 0 Å². The summed E-state index contributed by atoms with van der Waals surface area (Å²) in [7, 11) is -3.51. The van der Waals surface area contributed by atoms with Gasteiger partial charge in [0.1, 0.15) is 18.2 Å². The highest BCUT2D eigenvalue weighted by Crippen LogP contribution is 2.20. The monoisotopic (exact) mass is 356 g/mol. The lowest BCUT2D eigenvalue weighted by Gasteiger charge is -2.08. The molecule has 0 aromatic heterocycles. The molecule has 0 fully saturated rings. The summed E-state index contributed by atoms with van der Waals surface area (Å²) in [6, 6.07) is 21.6. The molecular formula is C20H17FO3S. The van der Waals surface area contributed by atoms with Gasteiger partial charge in [-0.15, -0.1) is 0 Å². The molecule has 3 rings (SSSR count). The van der Waals surface area contributed by atoms with Crippen LogP contribution in [-0.2, 0) is 22.2 Å². The number of sulfone groups is 1. The molecule has 0 aliphatic carbocycles. The lowest BCUT2D eigenvalue weighted by atomic mass is 10.2. The van der Waals surface area contributed by atoms with Crippen LogP contribution in [0.3, 0.4) is 0 Å². The molecule has 0 unspecified atom stereocenters. The van der Waals surface area contributed by atoms with E-state index >= 15 is 0 Å². The summed E-state index contributed by atoms with van der Waals surface area (Å²) in [5.41, 5.74) is 1.71. The summed E-state index contributed by atoms with van der Waals surface area (Å²) in [5, 5.41) is 0. The lowest BCUT2D eigenvalue weighted by molar-refractivity contribution is 0.306. The van der Waals surface area contributed by atoms with Gasteiger partial charge in [0.2, 0.25) is 0 Å². The average molecular weight is 356 g/mol. The molecule has 0 aliphatic heterocycles. The van der Waals surface area contributed by atoms with Gasteiger partial charge >= 0.3 is 0 Å². The predicted molar refractivity (Wildman–Crippen MR) is 94.5 cm³/mol. The van der Waals surface area contributed by atoms with E-state index in [9.17, 15) is 12.8 Å². The molecule has 0 atom stereocenters. The second-order valence-corrected chi connectivity index (χ2v) is 7.62. The average Bonchev–Trinajstić information content (AvgIpc) is 2.62. The number of hydrogen-bond donors (Lipinski definition) is 0. The third-order valence-corrected chi connectivity index (χ3v) is 5.40. The van der Waals surface area contributed by atoms with Crippen LogP contribution in [0.4, 0.5) is 4.39 Å². The number of rotatable bonds is 6. The highest BCUT2D eigenvalue weighted by Gasteiger charge is 2.15. The van der Waals surface area contributed by atoms with Gasteiger partial charge in [-0.3, -0.25) is 0 Å². The maximum absolute atomic E-state index is 12.9. The largest absolute Gasteiger partial charge is 0.489 e. The van der Waals surface area contributed by atoms with E-state index in [1.54, 1.807) is 24.3 Å². The standard InChI is InChI=1S/C20H17FO3S/c21-18-8-12-20(13-9-18)25(22,23)15-17-6-10-19(11-7-17)24-14-16-4-2-1-3-5-16/h1-13H,14-15H2. The molecule has 25 heavy (non-hydrogen) atoms. The minimum Gasteiger partial charge on any atom is -0.489 e. The zero-order chi connectivity index (χ0) is 17.7. The summed E-state index contributed by atoms with van der Waals surface area (Å²) < 4.78 is 43.3. The summed E-state index contributed by atoms with van der Waals surface area (Å²) in [6.45, 7) is 0.452. The molecule has 128 valence electrons. The zero-order valence-electron chi connectivity index (χ0n) is 13.4. The fourth-order valence-corrected chi connectivity index (χ4v) is 3.72. The first-order valence-corrected chi connectivity index (χ1v) is 9.42. The number of halogens is 1. The van der Waals surface area contributed by atoms with Crippen LogP contribution < -0.4 is 4.74 Å². The van der Waals surface area contributed by atoms with Crippen LogP contribution in [0.15, 0.2) is 83.8 Å². The van der Waals surface area contributed by atoms with Crippen LogP contribution in [0.1, 0.15) is 11.1 Å². The highest BCUT2D eigenvalue weighted by atomic mass is 32.2. The summed E-state index contributed by atoms with van der Waals surface area (Å²) >= 11 is 0. The molecule has 0 N–H and O–H groups in total. The predicted octanol–water partition coefficient (Wildman–Crippen LogP) is 4.38. The molecule has 0 saturated carbocycles. The van der Waals surface area contributed by atoms with Crippen molar-refractivity contribution < 1.29 is 17.5 Å². The first kappa shape index (κ1) is 17.2. The van der Waals surface area contributed by atoms with Gasteiger partial charge in [0.05, 0.1) is 10.6 Å². The van der Waals surface area contributed by atoms with E-state index in [2.05, 4.69) is 0 Å². The van der Waals surface area contributed by atoms with Gasteiger partial charge in [-0.1, -0.05) is 42.5 Å². The van der Waals surface area contributed by atoms with Crippen molar-refractivity contribution in [2.45, 2.75) is 17.3 Å². The van der Waals surface area contributed by atoms with Crippen LogP contribution in [0.2, 0.25) is 0 Å². The molecule has 3 aromatic carbocycles. The molecule has 3 aromatic rings. The fraction of sp³-hybridized carbons (Fsp3) is 0.100. The van der Waals surface area contributed by atoms with Gasteiger partial charge in [0.15, 0.2) is 9.84 Å². The van der Waals surface area contributed by atoms with Crippen LogP contribution in [-0.4, -0.2) is 8.42 Å². The molecule has 0 bridgehead atoms. The first-order valence-electron chi connectivity index (χ1n) is 7.77. The fourth-order valence-electron chi connectivity index (χ4n) is 2.37. The minimum absolute atomic E-state index is 0.110. The molecular weight excluding hydrogens is 339 g/mol. The Labute approximate surface area is 146 Å². The van der Waals surface area contributed by atoms with Crippen molar-refractivity contribution in [1.82, 2.24) is 0 Å². The molecule has 0 heterocycles. The van der Waals surface area contributed by atoms with Crippen molar-refractivity contribution in [3.05, 3.63) is 95.8 Å². The van der Waals surface area contributed by atoms with Gasteiger partial charge in [-0.05, 0) is 47.5 Å². The van der Waals surface area contributed by atoms with E-state index in [1.807, 2.05) is 30.3 Å². The molecule has 5 heteroatoms. The smallest absolute Gasteiger partial charge is 0.182 e. The Balaban J connectivity index is 1.65. The van der Waals surface area contributed by atoms with Crippen molar-refractivity contribution in [3.63, 3.8) is 0 Å². The van der Waals surface area contributed by atoms with Crippen molar-refractivity contribution in [1.29, 1.82) is 0 Å².